The summed E-state index contributed by atoms with van der Waals surface area (Å²) in [4.78, 5) is 25.5. The number of hydrogen-bond acceptors (Lipinski definition) is 5. The quantitative estimate of drug-likeness (QED) is 0.849. The van der Waals surface area contributed by atoms with Gasteiger partial charge >= 0.3 is 0 Å². The van der Waals surface area contributed by atoms with E-state index in [4.69, 9.17) is 19.9 Å². The lowest BCUT2D eigenvalue weighted by Crippen LogP contribution is -2.39. The van der Waals surface area contributed by atoms with Crippen molar-refractivity contribution < 1.29 is 23.8 Å². The molecule has 0 aromatic heterocycles. The third-order valence-corrected chi connectivity index (χ3v) is 4.01. The zero-order chi connectivity index (χ0) is 17.7. The van der Waals surface area contributed by atoms with E-state index in [0.29, 0.717) is 23.0 Å². The molecule has 0 radical (unpaired) electrons. The summed E-state index contributed by atoms with van der Waals surface area (Å²) >= 11 is 0. The van der Waals surface area contributed by atoms with Crippen molar-refractivity contribution in [3.63, 3.8) is 0 Å². The van der Waals surface area contributed by atoms with Crippen molar-refractivity contribution in [1.29, 1.82) is 0 Å². The van der Waals surface area contributed by atoms with Gasteiger partial charge in [0.15, 0.2) is 18.1 Å². The van der Waals surface area contributed by atoms with Crippen molar-refractivity contribution in [1.82, 2.24) is 4.90 Å². The third-order valence-electron chi connectivity index (χ3n) is 4.01. The van der Waals surface area contributed by atoms with E-state index in [2.05, 4.69) is 6.92 Å². The van der Waals surface area contributed by atoms with Crippen LogP contribution in [0.15, 0.2) is 12.1 Å². The van der Waals surface area contributed by atoms with E-state index in [1.807, 2.05) is 4.90 Å². The SMILES string of the molecule is COc1cc(C(=O)N2CCC[C@@H](C)C2)cc(OC)c1OCC(N)=O. The van der Waals surface area contributed by atoms with Gasteiger partial charge in [-0.15, -0.1) is 0 Å². The molecule has 1 aromatic carbocycles. The number of rotatable bonds is 6. The number of carbonyl (C=O) groups is 2. The van der Waals surface area contributed by atoms with Crippen molar-refractivity contribution in [3.05, 3.63) is 17.7 Å². The Morgan fingerprint density at radius 3 is 2.38 bits per heavy atom. The number of likely N-dealkylation sites (tertiary alicyclic amines) is 1. The molecule has 2 N–H and O–H groups in total. The van der Waals surface area contributed by atoms with Crippen LogP contribution in [0.1, 0.15) is 30.1 Å². The fraction of sp³-hybridized carbons (Fsp3) is 0.529. The smallest absolute Gasteiger partial charge is 0.255 e. The Bertz CT molecular complexity index is 592. The van der Waals surface area contributed by atoms with Crippen LogP contribution >= 0.6 is 0 Å². The zero-order valence-electron chi connectivity index (χ0n) is 14.3. The minimum Gasteiger partial charge on any atom is -0.493 e. The minimum atomic E-state index is -0.610. The Labute approximate surface area is 141 Å². The maximum atomic E-state index is 12.8. The third kappa shape index (κ3) is 4.10. The lowest BCUT2D eigenvalue weighted by molar-refractivity contribution is -0.120. The van der Waals surface area contributed by atoms with Crippen molar-refractivity contribution in [3.8, 4) is 17.2 Å². The molecule has 0 bridgehead atoms. The molecule has 7 nitrogen and oxygen atoms in total. The summed E-state index contributed by atoms with van der Waals surface area (Å²) in [5.41, 5.74) is 5.57. The van der Waals surface area contributed by atoms with E-state index >= 15 is 0 Å². The van der Waals surface area contributed by atoms with E-state index in [-0.39, 0.29) is 18.3 Å². The molecule has 1 saturated heterocycles. The van der Waals surface area contributed by atoms with Crippen LogP contribution in [0.25, 0.3) is 0 Å². The van der Waals surface area contributed by atoms with Gasteiger partial charge in [0.25, 0.3) is 11.8 Å². The molecule has 2 rings (SSSR count). The zero-order valence-corrected chi connectivity index (χ0v) is 14.3. The molecule has 1 atom stereocenters. The first-order valence-electron chi connectivity index (χ1n) is 7.92. The van der Waals surface area contributed by atoms with Gasteiger partial charge in [-0.25, -0.2) is 0 Å². The standard InChI is InChI=1S/C17H24N2O5/c1-11-5-4-6-19(9-11)17(21)12-7-13(22-2)16(14(8-12)23-3)24-10-15(18)20/h7-8,11H,4-6,9-10H2,1-3H3,(H2,18,20)/t11-/m1/s1. The van der Waals surface area contributed by atoms with Crippen molar-refractivity contribution >= 4 is 11.8 Å². The fourth-order valence-electron chi connectivity index (χ4n) is 2.85. The highest BCUT2D eigenvalue weighted by atomic mass is 16.5. The first-order valence-corrected chi connectivity index (χ1v) is 7.92. The highest BCUT2D eigenvalue weighted by Gasteiger charge is 2.25. The number of piperidine rings is 1. The molecule has 24 heavy (non-hydrogen) atoms. The number of nitrogens with zero attached hydrogens (tertiary/aromatic N) is 1. The van der Waals surface area contributed by atoms with E-state index in [1.54, 1.807) is 12.1 Å². The maximum absolute atomic E-state index is 12.8. The topological polar surface area (TPSA) is 91.1 Å². The van der Waals surface area contributed by atoms with E-state index < -0.39 is 5.91 Å². The number of benzene rings is 1. The van der Waals surface area contributed by atoms with E-state index in [1.165, 1.54) is 14.2 Å². The number of primary amides is 1. The predicted molar refractivity (Wildman–Crippen MR) is 88.5 cm³/mol. The summed E-state index contributed by atoms with van der Waals surface area (Å²) in [6.45, 7) is 3.32. The Hall–Kier alpha value is -2.44. The highest BCUT2D eigenvalue weighted by molar-refractivity contribution is 5.95. The van der Waals surface area contributed by atoms with Gasteiger partial charge in [-0.05, 0) is 30.9 Å². The van der Waals surface area contributed by atoms with Crippen LogP contribution < -0.4 is 19.9 Å². The molecule has 1 heterocycles. The first kappa shape index (κ1) is 17.9. The van der Waals surface area contributed by atoms with Crippen molar-refractivity contribution in [2.45, 2.75) is 19.8 Å². The number of carbonyl (C=O) groups excluding carboxylic acids is 2. The van der Waals surface area contributed by atoms with Crippen LogP contribution in [0.5, 0.6) is 17.2 Å². The average molecular weight is 336 g/mol. The molecule has 0 aliphatic carbocycles. The largest absolute Gasteiger partial charge is 0.493 e. The molecular formula is C17H24N2O5. The van der Waals surface area contributed by atoms with Crippen LogP contribution in [0, 0.1) is 5.92 Å². The van der Waals surface area contributed by atoms with Gasteiger partial charge in [0, 0.05) is 18.7 Å². The minimum absolute atomic E-state index is 0.0698. The summed E-state index contributed by atoms with van der Waals surface area (Å²) in [6, 6.07) is 3.20. The summed E-state index contributed by atoms with van der Waals surface area (Å²) in [5, 5.41) is 0. The van der Waals surface area contributed by atoms with Gasteiger partial charge in [-0.3, -0.25) is 9.59 Å². The van der Waals surface area contributed by atoms with Crippen LogP contribution in [-0.2, 0) is 4.79 Å². The van der Waals surface area contributed by atoms with Crippen LogP contribution in [0.2, 0.25) is 0 Å². The second kappa shape index (κ2) is 7.90. The number of ether oxygens (including phenoxy) is 3. The Morgan fingerprint density at radius 1 is 1.25 bits per heavy atom. The highest BCUT2D eigenvalue weighted by Crippen LogP contribution is 2.39. The molecule has 0 spiro atoms. The molecule has 0 saturated carbocycles. The normalized spacial score (nSPS) is 17.3. The van der Waals surface area contributed by atoms with Gasteiger partial charge in [-0.1, -0.05) is 6.92 Å². The number of hydrogen-bond donors (Lipinski definition) is 1. The summed E-state index contributed by atoms with van der Waals surface area (Å²) in [5.74, 6) is 0.709. The summed E-state index contributed by atoms with van der Waals surface area (Å²) < 4.78 is 15.9. The van der Waals surface area contributed by atoms with Gasteiger partial charge < -0.3 is 24.8 Å². The Balaban J connectivity index is 2.30. The number of nitrogens with two attached hydrogens (primary N) is 1. The molecule has 132 valence electrons. The monoisotopic (exact) mass is 336 g/mol. The lowest BCUT2D eigenvalue weighted by atomic mass is 9.99. The molecule has 1 aliphatic rings. The number of methoxy groups -OCH3 is 2. The van der Waals surface area contributed by atoms with Gasteiger partial charge in [0.05, 0.1) is 14.2 Å². The van der Waals surface area contributed by atoms with Gasteiger partial charge in [0.1, 0.15) is 0 Å². The van der Waals surface area contributed by atoms with Crippen molar-refractivity contribution in [2.75, 3.05) is 33.9 Å². The van der Waals surface area contributed by atoms with Crippen molar-refractivity contribution in [2.24, 2.45) is 11.7 Å². The number of amides is 2. The second-order valence-electron chi connectivity index (χ2n) is 5.96. The molecule has 1 aliphatic heterocycles. The second-order valence-corrected chi connectivity index (χ2v) is 5.96. The van der Waals surface area contributed by atoms with Crippen LogP contribution in [0.4, 0.5) is 0 Å². The molecule has 1 aromatic rings. The first-order chi connectivity index (χ1) is 11.5. The Kier molecular flexibility index (Phi) is 5.89. The molecule has 2 amide bonds. The van der Waals surface area contributed by atoms with E-state index in [9.17, 15) is 9.59 Å². The molecule has 0 unspecified atom stereocenters. The summed E-state index contributed by atoms with van der Waals surface area (Å²) in [6.07, 6.45) is 2.14. The molecular weight excluding hydrogens is 312 g/mol. The van der Waals surface area contributed by atoms with E-state index in [0.717, 1.165) is 25.9 Å². The fourth-order valence-corrected chi connectivity index (χ4v) is 2.85. The average Bonchev–Trinajstić information content (AvgIpc) is 2.58. The van der Waals surface area contributed by atoms with Crippen LogP contribution in [0.3, 0.4) is 0 Å². The maximum Gasteiger partial charge on any atom is 0.255 e. The van der Waals surface area contributed by atoms with Gasteiger partial charge in [0.2, 0.25) is 5.75 Å². The van der Waals surface area contributed by atoms with Gasteiger partial charge in [-0.2, -0.15) is 0 Å². The Morgan fingerprint density at radius 2 is 1.88 bits per heavy atom. The predicted octanol–water partition coefficient (Wildman–Crippen LogP) is 1.44. The lowest BCUT2D eigenvalue weighted by Gasteiger charge is -2.31. The van der Waals surface area contributed by atoms with Crippen LogP contribution in [-0.4, -0.2) is 50.6 Å². The molecule has 7 heteroatoms. The summed E-state index contributed by atoms with van der Waals surface area (Å²) in [7, 11) is 2.92. The molecule has 1 fully saturated rings.